The van der Waals surface area contributed by atoms with Crippen molar-refractivity contribution in [2.75, 3.05) is 23.7 Å². The molecule has 0 saturated carbocycles. The molecule has 6 nitrogen and oxygen atoms in total. The van der Waals surface area contributed by atoms with Gasteiger partial charge in [0.05, 0.1) is 0 Å². The zero-order valence-corrected chi connectivity index (χ0v) is 45.9. The third kappa shape index (κ3) is 31.8. The number of carbonyl (C=O) groups excluding carboxylic acids is 2. The fourth-order valence-electron chi connectivity index (χ4n) is 5.87. The summed E-state index contributed by atoms with van der Waals surface area (Å²) in [7, 11) is 0. The summed E-state index contributed by atoms with van der Waals surface area (Å²) in [6, 6.07) is 58.7. The van der Waals surface area contributed by atoms with Crippen molar-refractivity contribution in [3.05, 3.63) is 204 Å². The Morgan fingerprint density at radius 1 is 0.319 bits per heavy atom. The topological polar surface area (TPSA) is 82.3 Å². The summed E-state index contributed by atoms with van der Waals surface area (Å²) in [5.74, 6) is 0.518. The van der Waals surface area contributed by atoms with E-state index >= 15 is 0 Å². The number of anilines is 2. The summed E-state index contributed by atoms with van der Waals surface area (Å²) in [5.41, 5.74) is 6.04. The number of rotatable bonds is 14. The molecule has 4 N–H and O–H groups in total. The molecule has 0 fully saturated rings. The molecular weight excluding hydrogens is 845 g/mol. The molecule has 0 saturated heterocycles. The summed E-state index contributed by atoms with van der Waals surface area (Å²) < 4.78 is 0. The summed E-state index contributed by atoms with van der Waals surface area (Å²) in [6.07, 6.45) is 0. The van der Waals surface area contributed by atoms with Gasteiger partial charge in [-0.2, -0.15) is 0 Å². The molecule has 2 unspecified atom stereocenters. The number of para-hydroxylation sites is 2. The maximum Gasteiger partial charge on any atom is 0.246 e. The molecule has 0 heterocycles. The van der Waals surface area contributed by atoms with E-state index in [1.54, 1.807) is 0 Å². The first-order chi connectivity index (χ1) is 33.5. The molecule has 0 aromatic heterocycles. The minimum absolute atomic E-state index is 0. The van der Waals surface area contributed by atoms with E-state index in [0.29, 0.717) is 24.9 Å². The zero-order valence-electron chi connectivity index (χ0n) is 45.9. The lowest BCUT2D eigenvalue weighted by Crippen LogP contribution is -2.35. The molecule has 4 atom stereocenters. The van der Waals surface area contributed by atoms with Crippen LogP contribution in [0.3, 0.4) is 0 Å². The SMILES string of the molecule is C.CC.CC.CC.CC.CC.CC.CC.CC.CC(CN[C@@H](C(=O)Nc1ccccc1)c1ccccc1)c1ccccc1.CC(CN[C@H](C(=O)Nc1ccccc1)c1ccccc1)c1ccccc1. The van der Waals surface area contributed by atoms with E-state index in [9.17, 15) is 9.59 Å². The molecule has 0 radical (unpaired) electrons. The van der Waals surface area contributed by atoms with Crippen molar-refractivity contribution in [2.45, 2.75) is 156 Å². The van der Waals surface area contributed by atoms with Gasteiger partial charge in [0, 0.05) is 24.5 Å². The third-order valence-corrected chi connectivity index (χ3v) is 8.87. The molecule has 0 aliphatic heterocycles. The Hall–Kier alpha value is -5.82. The van der Waals surface area contributed by atoms with Gasteiger partial charge < -0.3 is 21.3 Å². The van der Waals surface area contributed by atoms with Gasteiger partial charge in [-0.05, 0) is 58.4 Å². The average molecular weight is 946 g/mol. The quantitative estimate of drug-likeness (QED) is 0.0877. The van der Waals surface area contributed by atoms with E-state index in [-0.39, 0.29) is 19.2 Å². The van der Waals surface area contributed by atoms with Gasteiger partial charge in [-0.15, -0.1) is 0 Å². The van der Waals surface area contributed by atoms with Crippen LogP contribution in [0.2, 0.25) is 0 Å². The molecule has 384 valence electrons. The van der Waals surface area contributed by atoms with Gasteiger partial charge in [0.1, 0.15) is 12.1 Å². The molecule has 6 rings (SSSR count). The highest BCUT2D eigenvalue weighted by Gasteiger charge is 2.22. The lowest BCUT2D eigenvalue weighted by molar-refractivity contribution is -0.119. The molecule has 0 bridgehead atoms. The third-order valence-electron chi connectivity index (χ3n) is 8.87. The number of carbonyl (C=O) groups is 2. The average Bonchev–Trinajstić information content (AvgIpc) is 3.45. The minimum atomic E-state index is -0.400. The number of hydrogen-bond acceptors (Lipinski definition) is 4. The molecular formula is C63H100N4O2. The Morgan fingerprint density at radius 2 is 0.507 bits per heavy atom. The number of hydrogen-bond donors (Lipinski definition) is 4. The molecule has 6 heteroatoms. The van der Waals surface area contributed by atoms with Gasteiger partial charge in [-0.25, -0.2) is 0 Å². The van der Waals surface area contributed by atoms with Gasteiger partial charge in [0.25, 0.3) is 0 Å². The number of nitrogens with one attached hydrogen (secondary N) is 4. The normalized spacial score (nSPS) is 10.5. The monoisotopic (exact) mass is 945 g/mol. The Kier molecular flexibility index (Phi) is 55.6. The van der Waals surface area contributed by atoms with Crippen LogP contribution in [-0.2, 0) is 9.59 Å². The van der Waals surface area contributed by atoms with E-state index in [4.69, 9.17) is 0 Å². The summed E-state index contributed by atoms with van der Waals surface area (Å²) in [4.78, 5) is 25.8. The van der Waals surface area contributed by atoms with Gasteiger partial charge in [-0.3, -0.25) is 9.59 Å². The van der Waals surface area contributed by atoms with Gasteiger partial charge in [-0.1, -0.05) is 290 Å². The molecule has 0 aliphatic carbocycles. The summed E-state index contributed by atoms with van der Waals surface area (Å²) in [6.45, 7) is 37.8. The standard InChI is InChI=1S/2C23H24N2O.8C2H6.CH4/c2*1-18(19-11-5-2-6-12-19)17-24-22(20-13-7-3-8-14-20)23(26)25-21-15-9-4-10-16-21;8*1-2;/h2*2-16,18,22,24H,17H2,1H3,(H,25,26);8*1-2H3;1H4/t2*18?,22-;;;;;;;;;/m10........./s1. The highest BCUT2D eigenvalue weighted by Crippen LogP contribution is 2.21. The van der Waals surface area contributed by atoms with E-state index in [1.165, 1.54) is 11.1 Å². The predicted octanol–water partition coefficient (Wildman–Crippen LogP) is 18.4. The van der Waals surface area contributed by atoms with Crippen molar-refractivity contribution in [1.29, 1.82) is 0 Å². The number of benzene rings is 6. The van der Waals surface area contributed by atoms with Crippen LogP contribution in [0, 0.1) is 0 Å². The second kappa shape index (κ2) is 53.1. The smallest absolute Gasteiger partial charge is 0.246 e. The van der Waals surface area contributed by atoms with Crippen LogP contribution in [-0.4, -0.2) is 24.9 Å². The van der Waals surface area contributed by atoms with Crippen molar-refractivity contribution in [2.24, 2.45) is 0 Å². The fourth-order valence-corrected chi connectivity index (χ4v) is 5.87. The van der Waals surface area contributed by atoms with E-state index in [1.807, 2.05) is 269 Å². The summed E-state index contributed by atoms with van der Waals surface area (Å²) in [5, 5.41) is 12.9. The Morgan fingerprint density at radius 3 is 0.725 bits per heavy atom. The molecule has 0 aliphatic rings. The maximum atomic E-state index is 12.9. The lowest BCUT2D eigenvalue weighted by Gasteiger charge is -2.21. The van der Waals surface area contributed by atoms with Crippen LogP contribution in [0.15, 0.2) is 182 Å². The van der Waals surface area contributed by atoms with Gasteiger partial charge in [0.2, 0.25) is 11.8 Å². The fraction of sp³-hybridized carbons (Fsp3) is 0.397. The highest BCUT2D eigenvalue weighted by atomic mass is 16.2. The Balaban J connectivity index is -0.000000303. The Labute approximate surface area is 425 Å². The maximum absolute atomic E-state index is 12.9. The first-order valence-corrected chi connectivity index (χ1v) is 25.9. The van der Waals surface area contributed by atoms with Crippen LogP contribution < -0.4 is 21.3 Å². The predicted molar refractivity (Wildman–Crippen MR) is 312 cm³/mol. The zero-order chi connectivity index (χ0) is 52.4. The second-order valence-corrected chi connectivity index (χ2v) is 12.8. The van der Waals surface area contributed by atoms with Crippen molar-refractivity contribution < 1.29 is 9.59 Å². The van der Waals surface area contributed by atoms with Crippen molar-refractivity contribution in [1.82, 2.24) is 10.6 Å². The van der Waals surface area contributed by atoms with E-state index in [0.717, 1.165) is 22.5 Å². The van der Waals surface area contributed by atoms with Crippen LogP contribution in [0.5, 0.6) is 0 Å². The van der Waals surface area contributed by atoms with E-state index in [2.05, 4.69) is 59.4 Å². The lowest BCUT2D eigenvalue weighted by atomic mass is 9.99. The highest BCUT2D eigenvalue weighted by molar-refractivity contribution is 5.96. The largest absolute Gasteiger partial charge is 0.324 e. The molecule has 6 aromatic rings. The molecule has 2 amide bonds. The van der Waals surface area contributed by atoms with Crippen molar-refractivity contribution >= 4 is 23.2 Å². The van der Waals surface area contributed by atoms with Crippen LogP contribution in [0.1, 0.15) is 178 Å². The van der Waals surface area contributed by atoms with Crippen LogP contribution in [0.25, 0.3) is 0 Å². The first-order valence-electron chi connectivity index (χ1n) is 25.9. The van der Waals surface area contributed by atoms with Crippen molar-refractivity contribution in [3.8, 4) is 0 Å². The minimum Gasteiger partial charge on any atom is -0.324 e. The first kappa shape index (κ1) is 72.2. The van der Waals surface area contributed by atoms with Crippen LogP contribution >= 0.6 is 0 Å². The van der Waals surface area contributed by atoms with Crippen LogP contribution in [0.4, 0.5) is 11.4 Å². The Bertz CT molecular complexity index is 1750. The molecule has 69 heavy (non-hydrogen) atoms. The van der Waals surface area contributed by atoms with Crippen molar-refractivity contribution in [3.63, 3.8) is 0 Å². The summed E-state index contributed by atoms with van der Waals surface area (Å²) >= 11 is 0. The second-order valence-electron chi connectivity index (χ2n) is 12.8. The molecule has 0 spiro atoms. The molecule has 6 aromatic carbocycles. The number of amides is 2. The van der Waals surface area contributed by atoms with Gasteiger partial charge >= 0.3 is 0 Å². The van der Waals surface area contributed by atoms with E-state index < -0.39 is 12.1 Å². The van der Waals surface area contributed by atoms with Gasteiger partial charge in [0.15, 0.2) is 0 Å².